The van der Waals surface area contributed by atoms with Crippen molar-refractivity contribution in [3.05, 3.63) is 0 Å². The molecule has 5 aliphatic rings. The summed E-state index contributed by atoms with van der Waals surface area (Å²) in [6.45, 7) is 0.954. The SMILES string of the molecule is O=C(NC1CCCN(S(=O)[O-])C1)NC12CC3CC(CC(C3)C1)C2.[Y]. The van der Waals surface area contributed by atoms with Crippen LogP contribution >= 0.6 is 0 Å². The number of rotatable bonds is 3. The van der Waals surface area contributed by atoms with Crippen molar-refractivity contribution in [2.75, 3.05) is 13.1 Å². The Kier molecular flexibility index (Phi) is 6.08. The van der Waals surface area contributed by atoms with E-state index >= 15 is 0 Å². The summed E-state index contributed by atoms with van der Waals surface area (Å²) in [4.78, 5) is 12.5. The van der Waals surface area contributed by atoms with Crippen LogP contribution in [0.3, 0.4) is 0 Å². The van der Waals surface area contributed by atoms with Crippen LogP contribution in [-0.2, 0) is 44.0 Å². The second-order valence-electron chi connectivity index (χ2n) is 8.24. The Morgan fingerprint density at radius 1 is 1.12 bits per heavy atom. The quantitative estimate of drug-likeness (QED) is 0.668. The van der Waals surface area contributed by atoms with E-state index in [1.54, 1.807) is 0 Å². The fourth-order valence-corrected chi connectivity index (χ4v) is 6.50. The van der Waals surface area contributed by atoms with Gasteiger partial charge in [-0.2, -0.15) is 0 Å². The molecule has 24 heavy (non-hydrogen) atoms. The predicted octanol–water partition coefficient (Wildman–Crippen LogP) is 1.51. The molecule has 4 aliphatic carbocycles. The molecule has 2 atom stereocenters. The monoisotopic (exact) mass is 429 g/mol. The first-order valence-corrected chi connectivity index (χ1v) is 9.97. The van der Waals surface area contributed by atoms with Gasteiger partial charge in [0, 0.05) is 68.6 Å². The van der Waals surface area contributed by atoms with Gasteiger partial charge >= 0.3 is 6.03 Å². The van der Waals surface area contributed by atoms with Crippen molar-refractivity contribution in [2.45, 2.75) is 62.9 Å². The van der Waals surface area contributed by atoms with E-state index in [-0.39, 0.29) is 50.3 Å². The average molecular weight is 429 g/mol. The smallest absolute Gasteiger partial charge is 0.315 e. The van der Waals surface area contributed by atoms with E-state index in [9.17, 15) is 13.6 Å². The molecule has 0 aromatic carbocycles. The van der Waals surface area contributed by atoms with Gasteiger partial charge < -0.3 is 15.2 Å². The summed E-state index contributed by atoms with van der Waals surface area (Å²) in [6.07, 6.45) is 9.12. The van der Waals surface area contributed by atoms with Crippen molar-refractivity contribution in [3.8, 4) is 0 Å². The third kappa shape index (κ3) is 4.06. The average Bonchev–Trinajstić information content (AvgIpc) is 2.45. The molecule has 0 aromatic heterocycles. The summed E-state index contributed by atoms with van der Waals surface area (Å²) < 4.78 is 23.6. The molecule has 5 fully saturated rings. The van der Waals surface area contributed by atoms with Gasteiger partial charge in [0.2, 0.25) is 0 Å². The molecule has 133 valence electrons. The molecule has 1 radical (unpaired) electrons. The summed E-state index contributed by atoms with van der Waals surface area (Å²) in [5.74, 6) is 2.40. The largest absolute Gasteiger partial charge is 0.760 e. The normalized spacial score (nSPS) is 42.2. The first-order valence-electron chi connectivity index (χ1n) is 8.94. The molecule has 2 N–H and O–H groups in total. The molecule has 4 bridgehead atoms. The van der Waals surface area contributed by atoms with E-state index in [2.05, 4.69) is 10.6 Å². The van der Waals surface area contributed by atoms with Crippen molar-refractivity contribution >= 4 is 17.3 Å². The summed E-state index contributed by atoms with van der Waals surface area (Å²) in [6, 6.07) is -0.175. The van der Waals surface area contributed by atoms with Crippen LogP contribution in [0.1, 0.15) is 51.4 Å². The van der Waals surface area contributed by atoms with Gasteiger partial charge in [-0.1, -0.05) is 0 Å². The van der Waals surface area contributed by atoms with Crippen molar-refractivity contribution in [2.24, 2.45) is 17.8 Å². The molecule has 0 aromatic rings. The van der Waals surface area contributed by atoms with Gasteiger partial charge in [-0.15, -0.1) is 0 Å². The minimum atomic E-state index is -2.19. The van der Waals surface area contributed by atoms with Crippen molar-refractivity contribution in [3.63, 3.8) is 0 Å². The van der Waals surface area contributed by atoms with Gasteiger partial charge in [0.15, 0.2) is 0 Å². The van der Waals surface area contributed by atoms with Crippen molar-refractivity contribution < 1.29 is 46.3 Å². The maximum absolute atomic E-state index is 12.5. The maximum atomic E-state index is 12.5. The molecular formula is C16H26N3O3SY-. The Bertz CT molecular complexity index is 484. The number of nitrogens with one attached hydrogen (secondary N) is 2. The summed E-state index contributed by atoms with van der Waals surface area (Å²) in [5, 5.41) is 6.31. The number of hydrogen-bond acceptors (Lipinski definition) is 3. The number of hydrogen-bond donors (Lipinski definition) is 2. The molecule has 4 saturated carbocycles. The number of amides is 2. The zero-order chi connectivity index (χ0) is 16.0. The molecule has 0 spiro atoms. The van der Waals surface area contributed by atoms with Crippen LogP contribution in [-0.4, -0.2) is 43.8 Å². The first kappa shape index (κ1) is 19.2. The summed E-state index contributed by atoms with van der Waals surface area (Å²) in [7, 11) is 0. The summed E-state index contributed by atoms with van der Waals surface area (Å²) in [5.41, 5.74) is 0.00847. The maximum Gasteiger partial charge on any atom is 0.315 e. The Hall–Kier alpha value is 0.444. The summed E-state index contributed by atoms with van der Waals surface area (Å²) >= 11 is -2.19. The van der Waals surface area contributed by atoms with E-state index in [4.69, 9.17) is 0 Å². The van der Waals surface area contributed by atoms with Gasteiger partial charge in [0.25, 0.3) is 0 Å². The zero-order valence-electron chi connectivity index (χ0n) is 14.0. The van der Waals surface area contributed by atoms with Crippen LogP contribution in [0.25, 0.3) is 0 Å². The molecule has 1 heterocycles. The molecular weight excluding hydrogens is 403 g/mol. The molecule has 6 nitrogen and oxygen atoms in total. The molecule has 1 saturated heterocycles. The second kappa shape index (κ2) is 7.59. The molecule has 2 unspecified atom stereocenters. The standard InChI is InChI=1S/C16H27N3O3S.Y/c20-15(17-14-2-1-3-19(10-14)23(21)22)18-16-7-11-4-12(8-16)6-13(5-11)9-16;/h11-14H,1-10H2,(H,21,22)(H2,17,18,20);/p-1. The predicted molar refractivity (Wildman–Crippen MR) is 86.1 cm³/mol. The second-order valence-corrected chi connectivity index (χ2v) is 9.19. The molecule has 1 aliphatic heterocycles. The van der Waals surface area contributed by atoms with Crippen LogP contribution in [0.5, 0.6) is 0 Å². The number of urea groups is 1. The fraction of sp³-hybridized carbons (Fsp3) is 0.938. The third-order valence-electron chi connectivity index (χ3n) is 6.35. The third-order valence-corrected chi connectivity index (χ3v) is 7.10. The van der Waals surface area contributed by atoms with Gasteiger partial charge in [0.1, 0.15) is 0 Å². The van der Waals surface area contributed by atoms with Gasteiger partial charge in [-0.3, -0.25) is 4.21 Å². The Morgan fingerprint density at radius 3 is 2.25 bits per heavy atom. The van der Waals surface area contributed by atoms with Crippen LogP contribution in [0.2, 0.25) is 0 Å². The van der Waals surface area contributed by atoms with Gasteiger partial charge in [-0.25, -0.2) is 9.10 Å². The number of carbonyl (C=O) groups is 1. The van der Waals surface area contributed by atoms with E-state index in [0.717, 1.165) is 49.9 Å². The zero-order valence-corrected chi connectivity index (χ0v) is 17.7. The molecule has 8 heteroatoms. The van der Waals surface area contributed by atoms with E-state index in [1.165, 1.54) is 23.6 Å². The van der Waals surface area contributed by atoms with E-state index in [1.807, 2.05) is 0 Å². The van der Waals surface area contributed by atoms with Crippen LogP contribution in [0, 0.1) is 17.8 Å². The number of nitrogens with zero attached hydrogens (tertiary/aromatic N) is 1. The van der Waals surface area contributed by atoms with E-state index < -0.39 is 11.3 Å². The van der Waals surface area contributed by atoms with Crippen LogP contribution < -0.4 is 10.6 Å². The minimum Gasteiger partial charge on any atom is -0.760 e. The topological polar surface area (TPSA) is 84.5 Å². The van der Waals surface area contributed by atoms with Crippen LogP contribution in [0.15, 0.2) is 0 Å². The number of piperidine rings is 1. The fourth-order valence-electron chi connectivity index (χ4n) is 5.92. The number of carbonyl (C=O) groups excluding carboxylic acids is 1. The van der Waals surface area contributed by atoms with Gasteiger partial charge in [-0.05, 0) is 69.1 Å². The molecule has 2 amide bonds. The van der Waals surface area contributed by atoms with Crippen molar-refractivity contribution in [1.82, 2.24) is 14.9 Å². The van der Waals surface area contributed by atoms with Crippen molar-refractivity contribution in [1.29, 1.82) is 0 Å². The molecule has 5 rings (SSSR count). The van der Waals surface area contributed by atoms with E-state index in [0.29, 0.717) is 13.1 Å². The Balaban J connectivity index is 0.00000169. The Morgan fingerprint density at radius 2 is 1.71 bits per heavy atom. The van der Waals surface area contributed by atoms with Gasteiger partial charge in [0.05, 0.1) is 0 Å². The van der Waals surface area contributed by atoms with Crippen LogP contribution in [0.4, 0.5) is 4.79 Å². The first-order chi connectivity index (χ1) is 11.0. The Labute approximate surface area is 171 Å². The minimum absolute atomic E-state index is 0.